The first-order chi connectivity index (χ1) is 14.4. The van der Waals surface area contributed by atoms with Crippen LogP contribution in [0.15, 0.2) is 48.5 Å². The van der Waals surface area contributed by atoms with Gasteiger partial charge in [-0.3, -0.25) is 14.5 Å². The van der Waals surface area contributed by atoms with Gasteiger partial charge in [-0.05, 0) is 69.3 Å². The molecule has 0 atom stereocenters. The fraction of sp³-hybridized carbons (Fsp3) is 0.286. The van der Waals surface area contributed by atoms with Crippen molar-refractivity contribution in [2.75, 3.05) is 23.3 Å². The van der Waals surface area contributed by atoms with Crippen LogP contribution in [0.4, 0.5) is 25.0 Å². The number of carbonyl (C=O) groups excluding carboxylic acids is 1. The van der Waals surface area contributed by atoms with Crippen LogP contribution in [0.2, 0.25) is 0 Å². The zero-order valence-corrected chi connectivity index (χ0v) is 17.3. The molecule has 0 unspecified atom stereocenters. The van der Waals surface area contributed by atoms with Gasteiger partial charge in [-0.1, -0.05) is 0 Å². The minimum Gasteiger partial charge on any atom is -0.480 e. The Morgan fingerprint density at radius 1 is 0.903 bits per heavy atom. The van der Waals surface area contributed by atoms with Crippen LogP contribution in [0.3, 0.4) is 0 Å². The molecule has 8 nitrogen and oxygen atoms in total. The highest BCUT2D eigenvalue weighted by molar-refractivity contribution is 5.93. The molecular weight excluding hydrogens is 414 g/mol. The molecule has 0 spiro atoms. The summed E-state index contributed by atoms with van der Waals surface area (Å²) in [5, 5.41) is 19.7. The second kappa shape index (κ2) is 11.5. The Kier molecular flexibility index (Phi) is 9.39. The van der Waals surface area contributed by atoms with Crippen molar-refractivity contribution in [1.29, 1.82) is 0 Å². The van der Waals surface area contributed by atoms with Crippen molar-refractivity contribution in [3.8, 4) is 0 Å². The van der Waals surface area contributed by atoms with E-state index in [2.05, 4.69) is 5.32 Å². The number of carboxylic acids is 2. The van der Waals surface area contributed by atoms with Crippen LogP contribution >= 0.6 is 0 Å². The molecule has 0 fully saturated rings. The van der Waals surface area contributed by atoms with E-state index in [1.807, 2.05) is 0 Å². The highest BCUT2D eigenvalue weighted by Crippen LogP contribution is 2.18. The molecule has 168 valence electrons. The van der Waals surface area contributed by atoms with Crippen LogP contribution in [-0.4, -0.2) is 46.9 Å². The Morgan fingerprint density at radius 2 is 1.39 bits per heavy atom. The number of carbonyl (C=O) groups is 3. The van der Waals surface area contributed by atoms with Gasteiger partial charge in [-0.15, -0.1) is 0 Å². The van der Waals surface area contributed by atoms with E-state index >= 15 is 0 Å². The van der Waals surface area contributed by atoms with Gasteiger partial charge in [-0.25, -0.2) is 13.6 Å². The Labute approximate surface area is 178 Å². The summed E-state index contributed by atoms with van der Waals surface area (Å²) in [5.74, 6) is -2.94. The SMILES string of the molecule is CC(C)(C)OC(=O)N(CC(=O)O)c1ccc(F)cc1.O=C(O)CNc1ccc(F)cc1. The average Bonchev–Trinajstić information content (AvgIpc) is 2.65. The van der Waals surface area contributed by atoms with Crippen molar-refractivity contribution in [1.82, 2.24) is 0 Å². The molecule has 0 heterocycles. The third kappa shape index (κ3) is 10.6. The lowest BCUT2D eigenvalue weighted by Crippen LogP contribution is -2.40. The summed E-state index contributed by atoms with van der Waals surface area (Å²) in [6, 6.07) is 10.4. The normalized spacial score (nSPS) is 10.4. The lowest BCUT2D eigenvalue weighted by molar-refractivity contribution is -0.136. The number of nitrogens with zero attached hydrogens (tertiary/aromatic N) is 1. The lowest BCUT2D eigenvalue weighted by atomic mass is 10.2. The molecule has 0 bridgehead atoms. The molecule has 2 aromatic carbocycles. The molecule has 0 aromatic heterocycles. The van der Waals surface area contributed by atoms with E-state index in [4.69, 9.17) is 14.9 Å². The van der Waals surface area contributed by atoms with Gasteiger partial charge in [0.1, 0.15) is 30.3 Å². The van der Waals surface area contributed by atoms with E-state index in [0.29, 0.717) is 5.69 Å². The topological polar surface area (TPSA) is 116 Å². The van der Waals surface area contributed by atoms with E-state index in [9.17, 15) is 23.2 Å². The van der Waals surface area contributed by atoms with E-state index in [1.165, 1.54) is 36.4 Å². The first-order valence-corrected chi connectivity index (χ1v) is 9.06. The molecule has 2 rings (SSSR count). The number of aliphatic carboxylic acids is 2. The molecule has 1 amide bonds. The number of nitrogens with one attached hydrogen (secondary N) is 1. The van der Waals surface area contributed by atoms with E-state index < -0.39 is 36.0 Å². The molecule has 10 heteroatoms. The first-order valence-electron chi connectivity index (χ1n) is 9.06. The minimum absolute atomic E-state index is 0.161. The van der Waals surface area contributed by atoms with Gasteiger partial charge in [0.2, 0.25) is 0 Å². The van der Waals surface area contributed by atoms with Gasteiger partial charge in [0.25, 0.3) is 0 Å². The maximum absolute atomic E-state index is 12.8. The second-order valence-electron chi connectivity index (χ2n) is 7.19. The van der Waals surface area contributed by atoms with E-state index in [1.54, 1.807) is 20.8 Å². The van der Waals surface area contributed by atoms with Crippen LogP contribution in [0.25, 0.3) is 0 Å². The van der Waals surface area contributed by atoms with Gasteiger partial charge in [-0.2, -0.15) is 0 Å². The lowest BCUT2D eigenvalue weighted by Gasteiger charge is -2.26. The fourth-order valence-corrected chi connectivity index (χ4v) is 2.08. The molecule has 31 heavy (non-hydrogen) atoms. The number of hydrogen-bond acceptors (Lipinski definition) is 5. The molecule has 0 radical (unpaired) electrons. The largest absolute Gasteiger partial charge is 0.480 e. The Morgan fingerprint density at radius 3 is 1.81 bits per heavy atom. The molecule has 0 saturated heterocycles. The number of hydrogen-bond donors (Lipinski definition) is 3. The van der Waals surface area contributed by atoms with Gasteiger partial charge in [0.05, 0.1) is 0 Å². The van der Waals surface area contributed by atoms with E-state index in [0.717, 1.165) is 17.0 Å². The van der Waals surface area contributed by atoms with Crippen molar-refractivity contribution in [3.05, 3.63) is 60.2 Å². The molecule has 0 aliphatic rings. The maximum atomic E-state index is 12.8. The summed E-state index contributed by atoms with van der Waals surface area (Å²) in [6.07, 6.45) is -0.790. The Bertz CT molecular complexity index is 880. The highest BCUT2D eigenvalue weighted by atomic mass is 19.1. The highest BCUT2D eigenvalue weighted by Gasteiger charge is 2.25. The minimum atomic E-state index is -1.19. The van der Waals surface area contributed by atoms with Gasteiger partial charge in [0.15, 0.2) is 0 Å². The predicted molar refractivity (Wildman–Crippen MR) is 110 cm³/mol. The van der Waals surface area contributed by atoms with Crippen LogP contribution in [0, 0.1) is 11.6 Å². The predicted octanol–water partition coefficient (Wildman–Crippen LogP) is 3.97. The van der Waals surface area contributed by atoms with Crippen molar-refractivity contribution >= 4 is 29.4 Å². The van der Waals surface area contributed by atoms with Crippen molar-refractivity contribution in [3.63, 3.8) is 0 Å². The Balaban J connectivity index is 0.000000343. The number of ether oxygens (including phenoxy) is 1. The third-order valence-corrected chi connectivity index (χ3v) is 3.33. The number of anilines is 2. The quantitative estimate of drug-likeness (QED) is 0.625. The standard InChI is InChI=1S/C13H16FNO4.C8H8FNO2/c1-13(2,3)19-12(18)15(8-11(16)17)10-6-4-9(14)5-7-10;9-6-1-3-7(4-2-6)10-5-8(11)12/h4-7H,8H2,1-3H3,(H,16,17);1-4,10H,5H2,(H,11,12). The van der Waals surface area contributed by atoms with Crippen LogP contribution in [0.1, 0.15) is 20.8 Å². The zero-order chi connectivity index (χ0) is 23.6. The summed E-state index contributed by atoms with van der Waals surface area (Å²) < 4.78 is 30.3. The second-order valence-corrected chi connectivity index (χ2v) is 7.19. The average molecular weight is 438 g/mol. The third-order valence-electron chi connectivity index (χ3n) is 3.33. The molecule has 2 aromatic rings. The van der Waals surface area contributed by atoms with E-state index in [-0.39, 0.29) is 18.0 Å². The monoisotopic (exact) mass is 438 g/mol. The summed E-state index contributed by atoms with van der Waals surface area (Å²) in [6.45, 7) is 4.31. The summed E-state index contributed by atoms with van der Waals surface area (Å²) in [5.41, 5.74) is 0.116. The molecular formula is C21H24F2N2O6. The Hall–Kier alpha value is -3.69. The number of benzene rings is 2. The van der Waals surface area contributed by atoms with Crippen molar-refractivity contribution in [2.24, 2.45) is 0 Å². The van der Waals surface area contributed by atoms with Crippen LogP contribution in [0.5, 0.6) is 0 Å². The number of halogens is 2. The van der Waals surface area contributed by atoms with Crippen molar-refractivity contribution in [2.45, 2.75) is 26.4 Å². The zero-order valence-electron chi connectivity index (χ0n) is 17.3. The first kappa shape index (κ1) is 25.3. The van der Waals surface area contributed by atoms with Gasteiger partial charge >= 0.3 is 18.0 Å². The smallest absolute Gasteiger partial charge is 0.415 e. The molecule has 0 aliphatic carbocycles. The summed E-state index contributed by atoms with van der Waals surface area (Å²) in [7, 11) is 0. The van der Waals surface area contributed by atoms with Crippen molar-refractivity contribution < 1.29 is 38.1 Å². The molecule has 0 saturated carbocycles. The maximum Gasteiger partial charge on any atom is 0.415 e. The van der Waals surface area contributed by atoms with Crippen LogP contribution < -0.4 is 10.2 Å². The summed E-state index contributed by atoms with van der Waals surface area (Å²) in [4.78, 5) is 33.8. The molecule has 3 N–H and O–H groups in total. The molecule has 0 aliphatic heterocycles. The van der Waals surface area contributed by atoms with Gasteiger partial charge in [0, 0.05) is 11.4 Å². The fourth-order valence-electron chi connectivity index (χ4n) is 2.08. The number of amides is 1. The van der Waals surface area contributed by atoms with Crippen LogP contribution in [-0.2, 0) is 14.3 Å². The number of carboxylic acid groups (broad SMARTS) is 2. The summed E-state index contributed by atoms with van der Waals surface area (Å²) >= 11 is 0. The number of rotatable bonds is 6. The van der Waals surface area contributed by atoms with Gasteiger partial charge < -0.3 is 20.3 Å².